The number of H-pyrrole nitrogens is 1. The molecule has 1 atom stereocenters. The number of ether oxygens (including phenoxy) is 2. The average Bonchev–Trinajstić information content (AvgIpc) is 2.74. The number of carbonyl (C=O) groups excluding carboxylic acids is 1. The van der Waals surface area contributed by atoms with Crippen molar-refractivity contribution >= 4 is 5.91 Å². The van der Waals surface area contributed by atoms with Gasteiger partial charge in [0.1, 0.15) is 22.8 Å². The van der Waals surface area contributed by atoms with Gasteiger partial charge < -0.3 is 19.8 Å². The lowest BCUT2D eigenvalue weighted by Crippen LogP contribution is -2.50. The molecule has 2 N–H and O–H groups in total. The molecule has 7 nitrogen and oxygen atoms in total. The van der Waals surface area contributed by atoms with Crippen LogP contribution in [0.1, 0.15) is 28.0 Å². The molecule has 1 aliphatic heterocycles. The molecule has 4 rings (SSSR count). The smallest absolute Gasteiger partial charge is 0.491 e. The van der Waals surface area contributed by atoms with Crippen LogP contribution >= 0.6 is 0 Å². The summed E-state index contributed by atoms with van der Waals surface area (Å²) in [6.07, 6.45) is -3.09. The van der Waals surface area contributed by atoms with Crippen LogP contribution < -0.4 is 20.3 Å². The highest BCUT2D eigenvalue weighted by atomic mass is 19.4. The summed E-state index contributed by atoms with van der Waals surface area (Å²) in [5.74, 6) is -3.86. The van der Waals surface area contributed by atoms with Crippen molar-refractivity contribution in [1.82, 2.24) is 15.3 Å². The van der Waals surface area contributed by atoms with Gasteiger partial charge in [0, 0.05) is 24.8 Å². The second-order valence-electron chi connectivity index (χ2n) is 7.09. The standard InChI is InChI=1S/C21H14F5N3O4/c22-13-8-16-18(28-10-13)20(5-6-32-16,29-19(31)11-1-4-17(30)27-9-11)12-2-3-15(14(23)7-12)33-21(24,25)26/h1-4,7-10H,5-6H2,(H,27,30)(H,29,31)/t20-/m0/s1. The third kappa shape index (κ3) is 4.49. The molecule has 3 heterocycles. The van der Waals surface area contributed by atoms with E-state index in [-0.39, 0.29) is 35.6 Å². The third-order valence-electron chi connectivity index (χ3n) is 4.98. The van der Waals surface area contributed by atoms with Crippen LogP contribution in [-0.2, 0) is 5.54 Å². The number of aromatic nitrogens is 2. The number of rotatable bonds is 4. The summed E-state index contributed by atoms with van der Waals surface area (Å²) >= 11 is 0. The van der Waals surface area contributed by atoms with E-state index in [1.54, 1.807) is 0 Å². The van der Waals surface area contributed by atoms with Crippen LogP contribution in [0.3, 0.4) is 0 Å². The fourth-order valence-electron chi connectivity index (χ4n) is 3.55. The van der Waals surface area contributed by atoms with Crippen molar-refractivity contribution < 1.29 is 36.2 Å². The lowest BCUT2D eigenvalue weighted by Gasteiger charge is -2.39. The molecule has 2 aromatic heterocycles. The molecule has 1 aromatic carbocycles. The van der Waals surface area contributed by atoms with Crippen molar-refractivity contribution in [2.75, 3.05) is 6.61 Å². The third-order valence-corrected chi connectivity index (χ3v) is 4.98. The molecule has 0 bridgehead atoms. The number of nitrogens with zero attached hydrogens (tertiary/aromatic N) is 1. The molecule has 0 aliphatic carbocycles. The minimum Gasteiger partial charge on any atom is -0.491 e. The molecule has 172 valence electrons. The van der Waals surface area contributed by atoms with Gasteiger partial charge in [0.2, 0.25) is 5.56 Å². The summed E-state index contributed by atoms with van der Waals surface area (Å²) in [5.41, 5.74) is -1.95. The number of fused-ring (bicyclic) bond motifs is 1. The summed E-state index contributed by atoms with van der Waals surface area (Å²) < 4.78 is 75.0. The largest absolute Gasteiger partial charge is 0.573 e. The fraction of sp³-hybridized carbons (Fsp3) is 0.190. The number of aromatic amines is 1. The summed E-state index contributed by atoms with van der Waals surface area (Å²) in [7, 11) is 0. The number of amides is 1. The molecule has 0 saturated carbocycles. The van der Waals surface area contributed by atoms with Gasteiger partial charge in [0.25, 0.3) is 5.91 Å². The van der Waals surface area contributed by atoms with E-state index in [1.807, 2.05) is 0 Å². The Bertz CT molecular complexity index is 1260. The lowest BCUT2D eigenvalue weighted by atomic mass is 9.81. The molecule has 0 fully saturated rings. The number of hydrogen-bond donors (Lipinski definition) is 2. The number of pyridine rings is 2. The first kappa shape index (κ1) is 22.2. The van der Waals surface area contributed by atoms with E-state index < -0.39 is 40.8 Å². The first-order valence-corrected chi connectivity index (χ1v) is 9.43. The molecule has 33 heavy (non-hydrogen) atoms. The quantitative estimate of drug-likeness (QED) is 0.574. The molecular weight excluding hydrogens is 453 g/mol. The highest BCUT2D eigenvalue weighted by molar-refractivity contribution is 5.94. The summed E-state index contributed by atoms with van der Waals surface area (Å²) in [6.45, 7) is -0.0491. The first-order chi connectivity index (χ1) is 15.6. The zero-order valence-corrected chi connectivity index (χ0v) is 16.5. The van der Waals surface area contributed by atoms with Gasteiger partial charge >= 0.3 is 6.36 Å². The SMILES string of the molecule is O=C(N[C@]1(c2ccc(OC(F)(F)F)c(F)c2)CCOc2cc(F)cnc21)c1ccc(=O)[nH]c1. The van der Waals surface area contributed by atoms with E-state index in [9.17, 15) is 31.5 Å². The van der Waals surface area contributed by atoms with E-state index in [4.69, 9.17) is 4.74 Å². The molecule has 0 radical (unpaired) electrons. The summed E-state index contributed by atoms with van der Waals surface area (Å²) in [4.78, 5) is 30.6. The Morgan fingerprint density at radius 2 is 1.97 bits per heavy atom. The number of nitrogens with one attached hydrogen (secondary N) is 2. The van der Waals surface area contributed by atoms with Crippen molar-refractivity contribution in [2.24, 2.45) is 0 Å². The maximum atomic E-state index is 14.6. The molecule has 0 unspecified atom stereocenters. The number of halogens is 5. The van der Waals surface area contributed by atoms with E-state index in [2.05, 4.69) is 20.0 Å². The lowest BCUT2D eigenvalue weighted by molar-refractivity contribution is -0.275. The zero-order valence-electron chi connectivity index (χ0n) is 16.5. The van der Waals surface area contributed by atoms with E-state index >= 15 is 0 Å². The minimum atomic E-state index is -5.11. The van der Waals surface area contributed by atoms with Gasteiger partial charge in [-0.3, -0.25) is 14.6 Å². The minimum absolute atomic E-state index is 0.00730. The van der Waals surface area contributed by atoms with Crippen molar-refractivity contribution in [2.45, 2.75) is 18.3 Å². The predicted octanol–water partition coefficient (Wildman–Crippen LogP) is 3.40. The van der Waals surface area contributed by atoms with Gasteiger partial charge in [0.15, 0.2) is 11.6 Å². The Labute approximate surface area is 182 Å². The molecular formula is C21H14F5N3O4. The van der Waals surface area contributed by atoms with Crippen LogP contribution in [0.25, 0.3) is 0 Å². The fourth-order valence-corrected chi connectivity index (χ4v) is 3.55. The Kier molecular flexibility index (Phi) is 5.52. The van der Waals surface area contributed by atoms with E-state index in [1.165, 1.54) is 6.07 Å². The molecule has 12 heteroatoms. The zero-order chi connectivity index (χ0) is 23.8. The van der Waals surface area contributed by atoms with Crippen molar-refractivity contribution in [1.29, 1.82) is 0 Å². The Morgan fingerprint density at radius 1 is 1.18 bits per heavy atom. The topological polar surface area (TPSA) is 93.3 Å². The second kappa shape index (κ2) is 8.19. The summed E-state index contributed by atoms with van der Waals surface area (Å²) in [5, 5.41) is 2.70. The number of carbonyl (C=O) groups is 1. The number of alkyl halides is 3. The van der Waals surface area contributed by atoms with Crippen LogP contribution in [0.5, 0.6) is 11.5 Å². The Hall–Kier alpha value is -3.96. The molecule has 3 aromatic rings. The average molecular weight is 467 g/mol. The van der Waals surface area contributed by atoms with Crippen molar-refractivity contribution in [3.8, 4) is 11.5 Å². The van der Waals surface area contributed by atoms with Crippen molar-refractivity contribution in [3.05, 3.63) is 87.6 Å². The molecule has 0 saturated heterocycles. The van der Waals surface area contributed by atoms with Gasteiger partial charge in [-0.1, -0.05) is 6.07 Å². The monoisotopic (exact) mass is 467 g/mol. The normalized spacial score (nSPS) is 17.6. The second-order valence-corrected chi connectivity index (χ2v) is 7.09. The van der Waals surface area contributed by atoms with Gasteiger partial charge in [-0.05, 0) is 23.8 Å². The first-order valence-electron chi connectivity index (χ1n) is 9.43. The Balaban J connectivity index is 1.83. The van der Waals surface area contributed by atoms with Crippen molar-refractivity contribution in [3.63, 3.8) is 0 Å². The predicted molar refractivity (Wildman–Crippen MR) is 103 cm³/mol. The molecule has 0 spiro atoms. The van der Waals surface area contributed by atoms with E-state index in [0.717, 1.165) is 42.7 Å². The molecule has 1 amide bonds. The number of benzene rings is 1. The number of hydrogen-bond acceptors (Lipinski definition) is 5. The highest BCUT2D eigenvalue weighted by Crippen LogP contribution is 2.42. The van der Waals surface area contributed by atoms with Crippen LogP contribution in [0, 0.1) is 11.6 Å². The highest BCUT2D eigenvalue weighted by Gasteiger charge is 2.43. The van der Waals surface area contributed by atoms with Gasteiger partial charge in [-0.2, -0.15) is 0 Å². The van der Waals surface area contributed by atoms with Crippen LogP contribution in [0.4, 0.5) is 22.0 Å². The summed E-state index contributed by atoms with van der Waals surface area (Å²) in [6, 6.07) is 6.08. The maximum absolute atomic E-state index is 14.6. The van der Waals surface area contributed by atoms with Gasteiger partial charge in [-0.15, -0.1) is 13.2 Å². The van der Waals surface area contributed by atoms with E-state index in [0.29, 0.717) is 0 Å². The van der Waals surface area contributed by atoms with Crippen LogP contribution in [0.15, 0.2) is 53.6 Å². The van der Waals surface area contributed by atoms with Crippen LogP contribution in [0.2, 0.25) is 0 Å². The Morgan fingerprint density at radius 3 is 2.64 bits per heavy atom. The van der Waals surface area contributed by atoms with Gasteiger partial charge in [0.05, 0.1) is 18.4 Å². The van der Waals surface area contributed by atoms with Gasteiger partial charge in [-0.25, -0.2) is 8.78 Å². The molecule has 1 aliphatic rings. The maximum Gasteiger partial charge on any atom is 0.573 e. The van der Waals surface area contributed by atoms with Crippen LogP contribution in [-0.4, -0.2) is 28.8 Å².